The second-order valence-corrected chi connectivity index (χ2v) is 7.05. The van der Waals surface area contributed by atoms with Crippen LogP contribution in [0.1, 0.15) is 23.6 Å². The molecule has 4 aromatic rings. The fourth-order valence-corrected chi connectivity index (χ4v) is 4.20. The van der Waals surface area contributed by atoms with Crippen molar-refractivity contribution < 1.29 is 5.11 Å². The predicted molar refractivity (Wildman–Crippen MR) is 107 cm³/mol. The third-order valence-corrected chi connectivity index (χ3v) is 5.60. The standard InChI is InChI=1S/C24H21NO/c26-23-15-16-25(23)24(21-13-5-9-17-7-1-3-11-19(17)21)22-14-6-10-18-8-2-4-12-20(18)22/h1-14,23-24,26H,15-16H2. The van der Waals surface area contributed by atoms with Crippen LogP contribution in [-0.4, -0.2) is 22.8 Å². The third-order valence-electron chi connectivity index (χ3n) is 5.60. The lowest BCUT2D eigenvalue weighted by molar-refractivity contribution is -0.0916. The molecule has 0 aliphatic carbocycles. The molecule has 1 N–H and O–H groups in total. The third kappa shape index (κ3) is 2.42. The van der Waals surface area contributed by atoms with Gasteiger partial charge in [-0.15, -0.1) is 0 Å². The van der Waals surface area contributed by atoms with Crippen molar-refractivity contribution >= 4 is 21.5 Å². The first-order chi connectivity index (χ1) is 12.8. The molecule has 1 aliphatic rings. The van der Waals surface area contributed by atoms with Crippen LogP contribution in [0.15, 0.2) is 84.9 Å². The fraction of sp³-hybridized carbons (Fsp3) is 0.167. The SMILES string of the molecule is OC1CCN1C(c1cccc2ccccc12)c1cccc2ccccc12. The van der Waals surface area contributed by atoms with Gasteiger partial charge in [-0.1, -0.05) is 84.9 Å². The fourth-order valence-electron chi connectivity index (χ4n) is 4.20. The maximum atomic E-state index is 10.5. The molecule has 26 heavy (non-hydrogen) atoms. The Hall–Kier alpha value is -2.68. The summed E-state index contributed by atoms with van der Waals surface area (Å²) < 4.78 is 0. The molecular weight excluding hydrogens is 318 g/mol. The second-order valence-electron chi connectivity index (χ2n) is 7.05. The summed E-state index contributed by atoms with van der Waals surface area (Å²) in [6, 6.07) is 30.1. The van der Waals surface area contributed by atoms with E-state index in [0.717, 1.165) is 13.0 Å². The Morgan fingerprint density at radius 1 is 0.692 bits per heavy atom. The molecule has 0 bridgehead atoms. The molecule has 1 saturated heterocycles. The molecule has 2 nitrogen and oxygen atoms in total. The lowest BCUT2D eigenvalue weighted by Crippen LogP contribution is -2.49. The van der Waals surface area contributed by atoms with Crippen LogP contribution < -0.4 is 0 Å². The van der Waals surface area contributed by atoms with E-state index in [1.165, 1.54) is 32.7 Å². The van der Waals surface area contributed by atoms with Crippen molar-refractivity contribution in [3.8, 4) is 0 Å². The van der Waals surface area contributed by atoms with Gasteiger partial charge in [0.1, 0.15) is 6.23 Å². The minimum Gasteiger partial charge on any atom is -0.378 e. The Labute approximate surface area is 153 Å². The summed E-state index contributed by atoms with van der Waals surface area (Å²) in [7, 11) is 0. The van der Waals surface area contributed by atoms with Crippen molar-refractivity contribution in [2.24, 2.45) is 0 Å². The zero-order valence-corrected chi connectivity index (χ0v) is 14.5. The van der Waals surface area contributed by atoms with Gasteiger partial charge < -0.3 is 5.11 Å². The van der Waals surface area contributed by atoms with Gasteiger partial charge in [-0.2, -0.15) is 0 Å². The lowest BCUT2D eigenvalue weighted by atomic mass is 9.87. The Morgan fingerprint density at radius 3 is 1.65 bits per heavy atom. The van der Waals surface area contributed by atoms with Gasteiger partial charge in [0.15, 0.2) is 0 Å². The van der Waals surface area contributed by atoms with Gasteiger partial charge in [0.25, 0.3) is 0 Å². The van der Waals surface area contributed by atoms with E-state index in [1.807, 2.05) is 0 Å². The molecule has 1 aliphatic heterocycles. The molecule has 1 atom stereocenters. The van der Waals surface area contributed by atoms with Gasteiger partial charge in [-0.25, -0.2) is 0 Å². The van der Waals surface area contributed by atoms with Gasteiger partial charge in [-0.05, 0) is 39.1 Å². The number of benzene rings is 4. The Kier molecular flexibility index (Phi) is 3.74. The van der Waals surface area contributed by atoms with Crippen molar-refractivity contribution in [3.05, 3.63) is 96.1 Å². The van der Waals surface area contributed by atoms with Crippen LogP contribution in [0.5, 0.6) is 0 Å². The average molecular weight is 339 g/mol. The topological polar surface area (TPSA) is 23.5 Å². The molecule has 0 aromatic heterocycles. The van der Waals surface area contributed by atoms with E-state index in [4.69, 9.17) is 0 Å². The quantitative estimate of drug-likeness (QED) is 0.561. The number of hydrogen-bond donors (Lipinski definition) is 1. The summed E-state index contributed by atoms with van der Waals surface area (Å²) in [5, 5.41) is 15.5. The van der Waals surface area contributed by atoms with Gasteiger partial charge >= 0.3 is 0 Å². The van der Waals surface area contributed by atoms with E-state index < -0.39 is 0 Å². The molecule has 128 valence electrons. The number of likely N-dealkylation sites (tertiary alicyclic amines) is 1. The maximum absolute atomic E-state index is 10.5. The normalized spacial score (nSPS) is 17.7. The summed E-state index contributed by atoms with van der Waals surface area (Å²) >= 11 is 0. The largest absolute Gasteiger partial charge is 0.378 e. The van der Waals surface area contributed by atoms with E-state index in [-0.39, 0.29) is 12.3 Å². The van der Waals surface area contributed by atoms with Crippen molar-refractivity contribution in [2.45, 2.75) is 18.7 Å². The molecule has 4 aromatic carbocycles. The highest BCUT2D eigenvalue weighted by Gasteiger charge is 2.35. The van der Waals surface area contributed by atoms with Gasteiger partial charge in [-0.3, -0.25) is 4.90 Å². The minimum atomic E-state index is -0.377. The molecule has 0 amide bonds. The molecule has 1 fully saturated rings. The van der Waals surface area contributed by atoms with Gasteiger partial charge in [0.2, 0.25) is 0 Å². The molecule has 1 unspecified atom stereocenters. The van der Waals surface area contributed by atoms with E-state index >= 15 is 0 Å². The summed E-state index contributed by atoms with van der Waals surface area (Å²) in [4.78, 5) is 2.21. The minimum absolute atomic E-state index is 0.0518. The maximum Gasteiger partial charge on any atom is 0.109 e. The summed E-state index contributed by atoms with van der Waals surface area (Å²) in [5.74, 6) is 0. The van der Waals surface area contributed by atoms with Gasteiger partial charge in [0.05, 0.1) is 6.04 Å². The van der Waals surface area contributed by atoms with E-state index in [0.29, 0.717) is 0 Å². The number of nitrogens with zero attached hydrogens (tertiary/aromatic N) is 1. The summed E-state index contributed by atoms with van der Waals surface area (Å²) in [5.41, 5.74) is 2.52. The molecular formula is C24H21NO. The van der Waals surface area contributed by atoms with Crippen molar-refractivity contribution in [1.29, 1.82) is 0 Å². The Bertz CT molecular complexity index is 998. The second kappa shape index (κ2) is 6.24. The van der Waals surface area contributed by atoms with Crippen LogP contribution in [-0.2, 0) is 0 Å². The Morgan fingerprint density at radius 2 is 1.19 bits per heavy atom. The number of aliphatic hydroxyl groups is 1. The van der Waals surface area contributed by atoms with E-state index in [9.17, 15) is 5.11 Å². The van der Waals surface area contributed by atoms with Gasteiger partial charge in [0, 0.05) is 6.54 Å². The van der Waals surface area contributed by atoms with Crippen LogP contribution >= 0.6 is 0 Å². The summed E-state index contributed by atoms with van der Waals surface area (Å²) in [6.45, 7) is 0.915. The molecule has 0 saturated carbocycles. The summed E-state index contributed by atoms with van der Waals surface area (Å²) in [6.07, 6.45) is 0.462. The van der Waals surface area contributed by atoms with Crippen LogP contribution in [0, 0.1) is 0 Å². The molecule has 0 radical (unpaired) electrons. The first-order valence-corrected chi connectivity index (χ1v) is 9.22. The van der Waals surface area contributed by atoms with Crippen LogP contribution in [0.4, 0.5) is 0 Å². The predicted octanol–water partition coefficient (Wildman–Crippen LogP) is 5.11. The highest BCUT2D eigenvalue weighted by atomic mass is 16.3. The number of hydrogen-bond acceptors (Lipinski definition) is 2. The van der Waals surface area contributed by atoms with E-state index in [2.05, 4.69) is 89.8 Å². The Balaban J connectivity index is 1.78. The number of aliphatic hydroxyl groups excluding tert-OH is 1. The number of fused-ring (bicyclic) bond motifs is 2. The molecule has 5 rings (SSSR count). The zero-order chi connectivity index (χ0) is 17.5. The first-order valence-electron chi connectivity index (χ1n) is 9.22. The molecule has 0 spiro atoms. The van der Waals surface area contributed by atoms with Crippen LogP contribution in [0.2, 0.25) is 0 Å². The zero-order valence-electron chi connectivity index (χ0n) is 14.5. The van der Waals surface area contributed by atoms with Crippen molar-refractivity contribution in [2.75, 3.05) is 6.54 Å². The van der Waals surface area contributed by atoms with Crippen LogP contribution in [0.25, 0.3) is 21.5 Å². The lowest BCUT2D eigenvalue weighted by Gasteiger charge is -2.44. The number of rotatable bonds is 3. The van der Waals surface area contributed by atoms with Crippen molar-refractivity contribution in [3.63, 3.8) is 0 Å². The molecule has 2 heteroatoms. The smallest absolute Gasteiger partial charge is 0.109 e. The first kappa shape index (κ1) is 15.6. The highest BCUT2D eigenvalue weighted by molar-refractivity contribution is 5.90. The van der Waals surface area contributed by atoms with E-state index in [1.54, 1.807) is 0 Å². The van der Waals surface area contributed by atoms with Crippen LogP contribution in [0.3, 0.4) is 0 Å². The highest BCUT2D eigenvalue weighted by Crippen LogP contribution is 2.40. The monoisotopic (exact) mass is 339 g/mol. The molecule has 1 heterocycles. The van der Waals surface area contributed by atoms with Crippen molar-refractivity contribution in [1.82, 2.24) is 4.90 Å². The average Bonchev–Trinajstić information content (AvgIpc) is 2.70.